The number of esters is 1. The molecule has 1 aliphatic rings. The predicted molar refractivity (Wildman–Crippen MR) is 57.4 cm³/mol. The van der Waals surface area contributed by atoms with Crippen molar-refractivity contribution in [1.29, 1.82) is 0 Å². The third-order valence-electron chi connectivity index (χ3n) is 3.03. The minimum atomic E-state index is -1.26. The fraction of sp³-hybridized carbons (Fsp3) is 0.417. The molecule has 0 aliphatic carbocycles. The topological polar surface area (TPSA) is 44.8 Å². The first-order valence-corrected chi connectivity index (χ1v) is 5.25. The highest BCUT2D eigenvalue weighted by molar-refractivity contribution is 5.84. The van der Waals surface area contributed by atoms with Crippen molar-refractivity contribution < 1.29 is 27.8 Å². The molecule has 1 fully saturated rings. The van der Waals surface area contributed by atoms with Gasteiger partial charge in [-0.05, 0) is 6.07 Å². The number of hydrogen-bond donors (Lipinski definition) is 0. The summed E-state index contributed by atoms with van der Waals surface area (Å²) >= 11 is 0. The van der Waals surface area contributed by atoms with Crippen LogP contribution in [0.3, 0.4) is 0 Å². The van der Waals surface area contributed by atoms with Gasteiger partial charge in [0, 0.05) is 11.6 Å². The number of halogens is 2. The highest BCUT2D eigenvalue weighted by atomic mass is 19.1. The third kappa shape index (κ3) is 1.73. The van der Waals surface area contributed by atoms with Gasteiger partial charge in [-0.1, -0.05) is 0 Å². The van der Waals surface area contributed by atoms with Crippen molar-refractivity contribution in [3.63, 3.8) is 0 Å². The average molecular weight is 258 g/mol. The Morgan fingerprint density at radius 3 is 2.39 bits per heavy atom. The quantitative estimate of drug-likeness (QED) is 0.769. The minimum absolute atomic E-state index is 0.0254. The highest BCUT2D eigenvalue weighted by Gasteiger charge is 2.50. The van der Waals surface area contributed by atoms with E-state index in [1.54, 1.807) is 0 Å². The molecule has 0 bridgehead atoms. The van der Waals surface area contributed by atoms with E-state index < -0.39 is 23.0 Å². The summed E-state index contributed by atoms with van der Waals surface area (Å²) in [4.78, 5) is 11.7. The summed E-state index contributed by atoms with van der Waals surface area (Å²) in [6, 6.07) is 1.86. The van der Waals surface area contributed by atoms with Crippen molar-refractivity contribution in [3.05, 3.63) is 29.3 Å². The van der Waals surface area contributed by atoms with E-state index in [1.165, 1.54) is 14.2 Å². The number of carbonyl (C=O) groups excluding carboxylic acids is 1. The molecule has 0 radical (unpaired) electrons. The van der Waals surface area contributed by atoms with E-state index in [1.807, 2.05) is 0 Å². The van der Waals surface area contributed by atoms with Gasteiger partial charge in [-0.25, -0.2) is 8.78 Å². The van der Waals surface area contributed by atoms with Crippen LogP contribution in [0.4, 0.5) is 8.78 Å². The molecule has 1 aromatic rings. The van der Waals surface area contributed by atoms with Crippen molar-refractivity contribution in [2.24, 2.45) is 0 Å². The molecule has 0 spiro atoms. The van der Waals surface area contributed by atoms with Gasteiger partial charge in [-0.3, -0.25) is 4.79 Å². The number of methoxy groups -OCH3 is 2. The minimum Gasteiger partial charge on any atom is -0.494 e. The smallest absolute Gasteiger partial charge is 0.321 e. The van der Waals surface area contributed by atoms with E-state index in [4.69, 9.17) is 4.74 Å². The molecule has 2 rings (SSSR count). The molecule has 1 heterocycles. The first kappa shape index (κ1) is 12.8. The second-order valence-electron chi connectivity index (χ2n) is 4.03. The third-order valence-corrected chi connectivity index (χ3v) is 3.03. The summed E-state index contributed by atoms with van der Waals surface area (Å²) in [7, 11) is 2.43. The van der Waals surface area contributed by atoms with Crippen molar-refractivity contribution in [2.75, 3.05) is 27.4 Å². The zero-order valence-electron chi connectivity index (χ0n) is 9.96. The normalized spacial score (nSPS) is 16.9. The fourth-order valence-corrected chi connectivity index (χ4v) is 1.94. The second-order valence-corrected chi connectivity index (χ2v) is 4.03. The second kappa shape index (κ2) is 4.53. The molecule has 0 aromatic heterocycles. The molecule has 4 nitrogen and oxygen atoms in total. The van der Waals surface area contributed by atoms with Crippen LogP contribution >= 0.6 is 0 Å². The zero-order chi connectivity index (χ0) is 13.3. The highest BCUT2D eigenvalue weighted by Crippen LogP contribution is 2.37. The van der Waals surface area contributed by atoms with Crippen LogP contribution in [0.2, 0.25) is 0 Å². The van der Waals surface area contributed by atoms with E-state index in [-0.39, 0.29) is 24.5 Å². The summed E-state index contributed by atoms with van der Waals surface area (Å²) in [5, 5.41) is 0. The van der Waals surface area contributed by atoms with Crippen molar-refractivity contribution in [1.82, 2.24) is 0 Å². The Kier molecular flexibility index (Phi) is 3.21. The summed E-state index contributed by atoms with van der Waals surface area (Å²) < 4.78 is 41.8. The van der Waals surface area contributed by atoms with Gasteiger partial charge in [-0.15, -0.1) is 0 Å². The largest absolute Gasteiger partial charge is 0.494 e. The number of carbonyl (C=O) groups is 1. The van der Waals surface area contributed by atoms with E-state index in [0.29, 0.717) is 0 Å². The van der Waals surface area contributed by atoms with E-state index in [2.05, 4.69) is 9.47 Å². The molecular formula is C12H12F2O4. The summed E-state index contributed by atoms with van der Waals surface area (Å²) in [5.74, 6) is -2.31. The van der Waals surface area contributed by atoms with Gasteiger partial charge in [0.15, 0.2) is 11.6 Å². The van der Waals surface area contributed by atoms with E-state index >= 15 is 0 Å². The Morgan fingerprint density at radius 1 is 1.28 bits per heavy atom. The molecular weight excluding hydrogens is 246 g/mol. The maximum atomic E-state index is 13.9. The molecule has 0 unspecified atom stereocenters. The first-order valence-electron chi connectivity index (χ1n) is 5.25. The van der Waals surface area contributed by atoms with Crippen molar-refractivity contribution in [2.45, 2.75) is 5.41 Å². The Morgan fingerprint density at radius 2 is 1.94 bits per heavy atom. The van der Waals surface area contributed by atoms with Crippen LogP contribution in [0.5, 0.6) is 5.75 Å². The molecule has 0 amide bonds. The molecule has 1 saturated heterocycles. The standard InChI is InChI=1S/C12H12F2O4/c1-16-10-4-8(13)7(3-9(10)14)12(5-18-6-12)11(15)17-2/h3-4H,5-6H2,1-2H3. The number of rotatable bonds is 3. The molecule has 1 aliphatic heterocycles. The number of benzene rings is 1. The van der Waals surface area contributed by atoms with Crippen LogP contribution < -0.4 is 4.74 Å². The molecule has 18 heavy (non-hydrogen) atoms. The van der Waals surface area contributed by atoms with Gasteiger partial charge in [-0.2, -0.15) is 0 Å². The van der Waals surface area contributed by atoms with Gasteiger partial charge < -0.3 is 14.2 Å². The lowest BCUT2D eigenvalue weighted by Gasteiger charge is -2.39. The summed E-state index contributed by atoms with van der Waals surface area (Å²) in [6.07, 6.45) is 0. The maximum Gasteiger partial charge on any atom is 0.321 e. The fourth-order valence-electron chi connectivity index (χ4n) is 1.94. The molecule has 1 aromatic carbocycles. The van der Waals surface area contributed by atoms with Crippen LogP contribution in [-0.2, 0) is 19.7 Å². The van der Waals surface area contributed by atoms with Gasteiger partial charge in [0.1, 0.15) is 11.2 Å². The van der Waals surface area contributed by atoms with Crippen LogP contribution in [0, 0.1) is 11.6 Å². The lowest BCUT2D eigenvalue weighted by molar-refractivity contribution is -0.167. The lowest BCUT2D eigenvalue weighted by Crippen LogP contribution is -2.54. The number of hydrogen-bond acceptors (Lipinski definition) is 4. The van der Waals surface area contributed by atoms with Crippen molar-refractivity contribution >= 4 is 5.97 Å². The van der Waals surface area contributed by atoms with E-state index in [0.717, 1.165) is 12.1 Å². The molecule has 0 saturated carbocycles. The van der Waals surface area contributed by atoms with Crippen LogP contribution in [-0.4, -0.2) is 33.4 Å². The first-order chi connectivity index (χ1) is 8.55. The Balaban J connectivity index is 2.50. The Bertz CT molecular complexity index is 483. The van der Waals surface area contributed by atoms with Crippen LogP contribution in [0.25, 0.3) is 0 Å². The van der Waals surface area contributed by atoms with Gasteiger partial charge in [0.05, 0.1) is 27.4 Å². The van der Waals surface area contributed by atoms with E-state index in [9.17, 15) is 13.6 Å². The Labute approximate surface area is 102 Å². The predicted octanol–water partition coefficient (Wildman–Crippen LogP) is 1.41. The lowest BCUT2D eigenvalue weighted by atomic mass is 9.78. The van der Waals surface area contributed by atoms with Gasteiger partial charge in [0.2, 0.25) is 0 Å². The molecule has 98 valence electrons. The van der Waals surface area contributed by atoms with Gasteiger partial charge >= 0.3 is 5.97 Å². The maximum absolute atomic E-state index is 13.9. The average Bonchev–Trinajstić information content (AvgIpc) is 2.31. The van der Waals surface area contributed by atoms with Gasteiger partial charge in [0.25, 0.3) is 0 Å². The monoisotopic (exact) mass is 258 g/mol. The molecule has 6 heteroatoms. The molecule has 0 N–H and O–H groups in total. The van der Waals surface area contributed by atoms with Crippen molar-refractivity contribution in [3.8, 4) is 5.75 Å². The number of ether oxygens (including phenoxy) is 3. The Hall–Kier alpha value is -1.69. The van der Waals surface area contributed by atoms with Crippen LogP contribution in [0.1, 0.15) is 5.56 Å². The zero-order valence-corrected chi connectivity index (χ0v) is 9.96. The molecule has 0 atom stereocenters. The summed E-state index contributed by atoms with van der Waals surface area (Å²) in [6.45, 7) is -0.0509. The summed E-state index contributed by atoms with van der Waals surface area (Å²) in [5.41, 5.74) is -1.33. The van der Waals surface area contributed by atoms with Crippen LogP contribution in [0.15, 0.2) is 12.1 Å². The SMILES string of the molecule is COC(=O)C1(c2cc(F)c(OC)cc2F)COC1.